The van der Waals surface area contributed by atoms with Crippen LogP contribution in [-0.2, 0) is 11.3 Å². The average molecular weight is 345 g/mol. The van der Waals surface area contributed by atoms with Gasteiger partial charge in [-0.05, 0) is 43.7 Å². The van der Waals surface area contributed by atoms with E-state index in [4.69, 9.17) is 4.74 Å². The van der Waals surface area contributed by atoms with Crippen molar-refractivity contribution in [3.05, 3.63) is 35.9 Å². The Balaban J connectivity index is 1.33. The fourth-order valence-corrected chi connectivity index (χ4v) is 3.88. The first-order chi connectivity index (χ1) is 12.2. The molecule has 2 saturated heterocycles. The summed E-state index contributed by atoms with van der Waals surface area (Å²) in [5.74, 6) is 0.692. The van der Waals surface area contributed by atoms with E-state index in [0.29, 0.717) is 12.0 Å². The van der Waals surface area contributed by atoms with Crippen molar-refractivity contribution in [2.45, 2.75) is 38.3 Å². The maximum Gasteiger partial charge on any atom is 0.317 e. The van der Waals surface area contributed by atoms with E-state index in [1.165, 1.54) is 12.0 Å². The molecule has 2 aliphatic heterocycles. The predicted octanol–water partition coefficient (Wildman–Crippen LogP) is 2.72. The van der Waals surface area contributed by atoms with E-state index in [1.54, 1.807) is 0 Å². The molecule has 1 aromatic rings. The molecule has 25 heavy (non-hydrogen) atoms. The van der Waals surface area contributed by atoms with Crippen LogP contribution in [0, 0.1) is 5.92 Å². The molecule has 0 aliphatic carbocycles. The molecule has 0 spiro atoms. The molecule has 5 nitrogen and oxygen atoms in total. The maximum atomic E-state index is 12.3. The minimum atomic E-state index is 0.0611. The summed E-state index contributed by atoms with van der Waals surface area (Å²) in [6.07, 6.45) is 4.19. The SMILES string of the molecule is CN(C(=O)NCC[C@H]1CCN(Cc2ccccc2)C1)C1CCOCC1. The lowest BCUT2D eigenvalue weighted by atomic mass is 10.1. The molecule has 2 amide bonds. The van der Waals surface area contributed by atoms with Crippen LogP contribution in [0.1, 0.15) is 31.2 Å². The third-order valence-electron chi connectivity index (χ3n) is 5.51. The highest BCUT2D eigenvalue weighted by atomic mass is 16.5. The van der Waals surface area contributed by atoms with Gasteiger partial charge in [-0.15, -0.1) is 0 Å². The number of rotatable bonds is 6. The Morgan fingerprint density at radius 3 is 2.76 bits per heavy atom. The third-order valence-corrected chi connectivity index (χ3v) is 5.51. The number of nitrogens with zero attached hydrogens (tertiary/aromatic N) is 2. The highest BCUT2D eigenvalue weighted by Crippen LogP contribution is 2.21. The van der Waals surface area contributed by atoms with Crippen molar-refractivity contribution in [2.75, 3.05) is 39.9 Å². The van der Waals surface area contributed by atoms with Gasteiger partial charge >= 0.3 is 6.03 Å². The standard InChI is InChI=1S/C20H31N3O2/c1-22(19-9-13-25-14-10-19)20(24)21-11-7-18-8-12-23(16-18)15-17-5-3-2-4-6-17/h2-6,18-19H,7-16H2,1H3,(H,21,24)/t18-/m0/s1. The quantitative estimate of drug-likeness (QED) is 0.862. The molecule has 0 aromatic heterocycles. The summed E-state index contributed by atoms with van der Waals surface area (Å²) in [6, 6.07) is 11.0. The molecule has 0 radical (unpaired) electrons. The van der Waals surface area contributed by atoms with E-state index in [9.17, 15) is 4.79 Å². The summed E-state index contributed by atoms with van der Waals surface area (Å²) < 4.78 is 5.37. The lowest BCUT2D eigenvalue weighted by Gasteiger charge is -2.31. The Morgan fingerprint density at radius 2 is 2.00 bits per heavy atom. The normalized spacial score (nSPS) is 22.0. The third kappa shape index (κ3) is 5.44. The molecule has 2 fully saturated rings. The van der Waals surface area contributed by atoms with Gasteiger partial charge in [-0.3, -0.25) is 4.90 Å². The van der Waals surface area contributed by atoms with Crippen LogP contribution in [-0.4, -0.2) is 61.8 Å². The van der Waals surface area contributed by atoms with Crippen LogP contribution in [0.5, 0.6) is 0 Å². The molecule has 0 bridgehead atoms. The number of nitrogens with one attached hydrogen (secondary N) is 1. The van der Waals surface area contributed by atoms with Gasteiger partial charge in [0.25, 0.3) is 0 Å². The molecule has 1 N–H and O–H groups in total. The number of likely N-dealkylation sites (tertiary alicyclic amines) is 1. The van der Waals surface area contributed by atoms with E-state index < -0.39 is 0 Å². The summed E-state index contributed by atoms with van der Waals surface area (Å²) in [5, 5.41) is 3.10. The molecule has 0 saturated carbocycles. The Kier molecular flexibility index (Phi) is 6.70. The summed E-state index contributed by atoms with van der Waals surface area (Å²) in [7, 11) is 1.91. The van der Waals surface area contributed by atoms with E-state index in [2.05, 4.69) is 40.5 Å². The van der Waals surface area contributed by atoms with Crippen molar-refractivity contribution >= 4 is 6.03 Å². The lowest BCUT2D eigenvalue weighted by Crippen LogP contribution is -2.46. The van der Waals surface area contributed by atoms with Gasteiger partial charge in [-0.25, -0.2) is 4.79 Å². The van der Waals surface area contributed by atoms with Gasteiger partial charge in [0, 0.05) is 45.9 Å². The Hall–Kier alpha value is -1.59. The van der Waals surface area contributed by atoms with Gasteiger partial charge < -0.3 is 15.0 Å². The van der Waals surface area contributed by atoms with Gasteiger partial charge in [-0.1, -0.05) is 30.3 Å². The predicted molar refractivity (Wildman–Crippen MR) is 99.4 cm³/mol. The first-order valence-electron chi connectivity index (χ1n) is 9.57. The van der Waals surface area contributed by atoms with Crippen molar-refractivity contribution < 1.29 is 9.53 Å². The van der Waals surface area contributed by atoms with Crippen LogP contribution in [0.3, 0.4) is 0 Å². The van der Waals surface area contributed by atoms with Gasteiger partial charge in [0.1, 0.15) is 0 Å². The van der Waals surface area contributed by atoms with Crippen molar-refractivity contribution in [3.63, 3.8) is 0 Å². The molecule has 138 valence electrons. The number of benzene rings is 1. The highest BCUT2D eigenvalue weighted by molar-refractivity contribution is 5.74. The summed E-state index contributed by atoms with van der Waals surface area (Å²) in [4.78, 5) is 16.7. The lowest BCUT2D eigenvalue weighted by molar-refractivity contribution is 0.0526. The van der Waals surface area contributed by atoms with E-state index in [0.717, 1.165) is 58.7 Å². The molecule has 1 aromatic carbocycles. The van der Waals surface area contributed by atoms with E-state index in [1.807, 2.05) is 11.9 Å². The number of carbonyl (C=O) groups excluding carboxylic acids is 1. The average Bonchev–Trinajstić information content (AvgIpc) is 3.10. The van der Waals surface area contributed by atoms with Crippen LogP contribution in [0.25, 0.3) is 0 Å². The van der Waals surface area contributed by atoms with Crippen LogP contribution in [0.4, 0.5) is 4.79 Å². The molecule has 1 atom stereocenters. The highest BCUT2D eigenvalue weighted by Gasteiger charge is 2.24. The molecule has 0 unspecified atom stereocenters. The monoisotopic (exact) mass is 345 g/mol. The first kappa shape index (κ1) is 18.2. The minimum absolute atomic E-state index is 0.0611. The zero-order valence-corrected chi connectivity index (χ0v) is 15.3. The van der Waals surface area contributed by atoms with Crippen molar-refractivity contribution in [2.24, 2.45) is 5.92 Å². The smallest absolute Gasteiger partial charge is 0.317 e. The number of hydrogen-bond donors (Lipinski definition) is 1. The Bertz CT molecular complexity index is 531. The van der Waals surface area contributed by atoms with Gasteiger partial charge in [0.05, 0.1) is 0 Å². The van der Waals surface area contributed by atoms with Crippen molar-refractivity contribution in [1.29, 1.82) is 0 Å². The molecular formula is C20H31N3O2. The van der Waals surface area contributed by atoms with Crippen LogP contribution in [0.2, 0.25) is 0 Å². The molecule has 5 heteroatoms. The van der Waals surface area contributed by atoms with Crippen LogP contribution in [0.15, 0.2) is 30.3 Å². The zero-order valence-electron chi connectivity index (χ0n) is 15.3. The van der Waals surface area contributed by atoms with Crippen LogP contribution >= 0.6 is 0 Å². The second-order valence-corrected chi connectivity index (χ2v) is 7.35. The van der Waals surface area contributed by atoms with Gasteiger partial charge in [0.2, 0.25) is 0 Å². The number of carbonyl (C=O) groups is 1. The first-order valence-corrected chi connectivity index (χ1v) is 9.57. The van der Waals surface area contributed by atoms with E-state index in [-0.39, 0.29) is 6.03 Å². The minimum Gasteiger partial charge on any atom is -0.381 e. The number of hydrogen-bond acceptors (Lipinski definition) is 3. The molecule has 2 heterocycles. The molecule has 3 rings (SSSR count). The summed E-state index contributed by atoms with van der Waals surface area (Å²) in [6.45, 7) is 5.64. The topological polar surface area (TPSA) is 44.8 Å². The van der Waals surface area contributed by atoms with Gasteiger partial charge in [-0.2, -0.15) is 0 Å². The van der Waals surface area contributed by atoms with Gasteiger partial charge in [0.15, 0.2) is 0 Å². The molecule has 2 aliphatic rings. The summed E-state index contributed by atoms with van der Waals surface area (Å²) in [5.41, 5.74) is 1.38. The zero-order chi connectivity index (χ0) is 17.5. The number of ether oxygens (including phenoxy) is 1. The Morgan fingerprint density at radius 1 is 1.24 bits per heavy atom. The van der Waals surface area contributed by atoms with Crippen molar-refractivity contribution in [3.8, 4) is 0 Å². The van der Waals surface area contributed by atoms with E-state index >= 15 is 0 Å². The van der Waals surface area contributed by atoms with Crippen molar-refractivity contribution in [1.82, 2.24) is 15.1 Å². The number of urea groups is 1. The Labute approximate surface area is 151 Å². The second-order valence-electron chi connectivity index (χ2n) is 7.35. The van der Waals surface area contributed by atoms with Crippen LogP contribution < -0.4 is 5.32 Å². The fraction of sp³-hybridized carbons (Fsp3) is 0.650. The number of amides is 2. The maximum absolute atomic E-state index is 12.3. The summed E-state index contributed by atoms with van der Waals surface area (Å²) >= 11 is 0. The largest absolute Gasteiger partial charge is 0.381 e. The molecular weight excluding hydrogens is 314 g/mol. The second kappa shape index (κ2) is 9.20. The fourth-order valence-electron chi connectivity index (χ4n) is 3.88.